The maximum Gasteiger partial charge on any atom is 0.257 e. The van der Waals surface area contributed by atoms with Crippen LogP contribution in [0, 0.1) is 0 Å². The lowest BCUT2D eigenvalue weighted by Gasteiger charge is -2.06. The van der Waals surface area contributed by atoms with Crippen LogP contribution in [0.1, 0.15) is 0 Å². The van der Waals surface area contributed by atoms with Crippen LogP contribution in [-0.4, -0.2) is 41.6 Å². The van der Waals surface area contributed by atoms with E-state index in [0.29, 0.717) is 17.8 Å². The molecule has 0 atom stereocenters. The topological polar surface area (TPSA) is 86.3 Å². The van der Waals surface area contributed by atoms with Crippen molar-refractivity contribution in [3.8, 4) is 11.9 Å². The minimum atomic E-state index is 0.435. The number of aromatic nitrogens is 7. The van der Waals surface area contributed by atoms with Crippen LogP contribution in [0.5, 0.6) is 0 Å². The van der Waals surface area contributed by atoms with Gasteiger partial charge >= 0.3 is 0 Å². The van der Waals surface area contributed by atoms with Crippen LogP contribution in [0.2, 0.25) is 0 Å². The van der Waals surface area contributed by atoms with Gasteiger partial charge in [0.25, 0.3) is 11.9 Å². The average molecular weight is 242 g/mol. The number of nitrogens with zero attached hydrogens (tertiary/aromatic N) is 7. The maximum atomic E-state index is 4.30. The number of anilines is 1. The fraction of sp³-hybridized carbons (Fsp3) is 0.100. The lowest BCUT2D eigenvalue weighted by atomic mass is 10.7. The normalized spacial score (nSPS) is 10.5. The van der Waals surface area contributed by atoms with Crippen LogP contribution in [0.3, 0.4) is 0 Å². The van der Waals surface area contributed by atoms with Gasteiger partial charge in [0.2, 0.25) is 5.95 Å². The largest absolute Gasteiger partial charge is 0.357 e. The predicted molar refractivity (Wildman–Crippen MR) is 63.6 cm³/mol. The van der Waals surface area contributed by atoms with Crippen molar-refractivity contribution in [1.29, 1.82) is 0 Å². The minimum Gasteiger partial charge on any atom is -0.357 e. The number of rotatable bonds is 3. The first-order valence-electron chi connectivity index (χ1n) is 5.30. The van der Waals surface area contributed by atoms with Gasteiger partial charge in [-0.2, -0.15) is 25.1 Å². The fourth-order valence-corrected chi connectivity index (χ4v) is 1.44. The monoisotopic (exact) mass is 242 g/mol. The highest BCUT2D eigenvalue weighted by atomic mass is 15.4. The van der Waals surface area contributed by atoms with Gasteiger partial charge in [-0.15, -0.1) is 0 Å². The predicted octanol–water partition coefficient (Wildman–Crippen LogP) is 0.285. The fourth-order valence-electron chi connectivity index (χ4n) is 1.44. The Morgan fingerprint density at radius 1 is 0.889 bits per heavy atom. The molecule has 90 valence electrons. The van der Waals surface area contributed by atoms with Gasteiger partial charge in [0, 0.05) is 31.8 Å². The van der Waals surface area contributed by atoms with Gasteiger partial charge < -0.3 is 5.32 Å². The molecule has 0 spiro atoms. The molecule has 0 saturated carbocycles. The van der Waals surface area contributed by atoms with Crippen molar-refractivity contribution < 1.29 is 0 Å². The third-order valence-electron chi connectivity index (χ3n) is 2.25. The van der Waals surface area contributed by atoms with E-state index < -0.39 is 0 Å². The van der Waals surface area contributed by atoms with Gasteiger partial charge in [-0.25, -0.2) is 9.36 Å². The summed E-state index contributed by atoms with van der Waals surface area (Å²) in [6, 6.07) is 3.60. The molecule has 3 aromatic heterocycles. The molecule has 0 unspecified atom stereocenters. The molecule has 18 heavy (non-hydrogen) atoms. The summed E-state index contributed by atoms with van der Waals surface area (Å²) in [5.74, 6) is 1.33. The zero-order chi connectivity index (χ0) is 12.4. The zero-order valence-corrected chi connectivity index (χ0v) is 9.59. The molecular weight excluding hydrogens is 232 g/mol. The van der Waals surface area contributed by atoms with E-state index in [4.69, 9.17) is 0 Å². The van der Waals surface area contributed by atoms with Crippen LogP contribution < -0.4 is 5.32 Å². The summed E-state index contributed by atoms with van der Waals surface area (Å²) < 4.78 is 3.13. The Balaban J connectivity index is 2.13. The van der Waals surface area contributed by atoms with Gasteiger partial charge in [-0.05, 0) is 12.1 Å². The standard InChI is InChI=1S/C10H10N8/c1-11-8-14-9(17-6-2-4-12-17)16-10(15-8)18-7-3-5-13-18/h2-7H,1H3,(H,11,14,15,16). The Morgan fingerprint density at radius 3 is 1.83 bits per heavy atom. The summed E-state index contributed by atoms with van der Waals surface area (Å²) in [4.78, 5) is 12.8. The highest BCUT2D eigenvalue weighted by Crippen LogP contribution is 2.07. The van der Waals surface area contributed by atoms with E-state index in [-0.39, 0.29) is 0 Å². The van der Waals surface area contributed by atoms with Crippen molar-refractivity contribution in [1.82, 2.24) is 34.5 Å². The Bertz CT molecular complexity index is 575. The van der Waals surface area contributed by atoms with E-state index >= 15 is 0 Å². The van der Waals surface area contributed by atoms with Crippen LogP contribution in [0.25, 0.3) is 11.9 Å². The number of hydrogen-bond acceptors (Lipinski definition) is 6. The van der Waals surface area contributed by atoms with E-state index in [1.54, 1.807) is 53.3 Å². The first kappa shape index (κ1) is 10.4. The number of nitrogens with one attached hydrogen (secondary N) is 1. The summed E-state index contributed by atoms with van der Waals surface area (Å²) in [5, 5.41) is 11.1. The second-order valence-corrected chi connectivity index (χ2v) is 3.41. The van der Waals surface area contributed by atoms with Crippen molar-refractivity contribution in [2.24, 2.45) is 0 Å². The molecule has 0 radical (unpaired) electrons. The zero-order valence-electron chi connectivity index (χ0n) is 9.59. The second kappa shape index (κ2) is 4.24. The Labute approximate surface area is 102 Å². The van der Waals surface area contributed by atoms with E-state index in [2.05, 4.69) is 30.5 Å². The molecule has 8 heteroatoms. The first-order chi connectivity index (χ1) is 8.86. The van der Waals surface area contributed by atoms with Crippen molar-refractivity contribution in [3.05, 3.63) is 36.9 Å². The molecule has 3 heterocycles. The molecule has 0 saturated heterocycles. The molecule has 0 amide bonds. The summed E-state index contributed by atoms with van der Waals surface area (Å²) in [5.41, 5.74) is 0. The second-order valence-electron chi connectivity index (χ2n) is 3.41. The van der Waals surface area contributed by atoms with Gasteiger partial charge in [0.05, 0.1) is 0 Å². The average Bonchev–Trinajstić information content (AvgIpc) is 3.10. The molecule has 1 N–H and O–H groups in total. The molecule has 0 fully saturated rings. The van der Waals surface area contributed by atoms with Gasteiger partial charge in [-0.1, -0.05) is 0 Å². The highest BCUT2D eigenvalue weighted by molar-refractivity contribution is 5.31. The van der Waals surface area contributed by atoms with Gasteiger partial charge in [0.15, 0.2) is 0 Å². The van der Waals surface area contributed by atoms with E-state index in [1.165, 1.54) is 0 Å². The van der Waals surface area contributed by atoms with E-state index in [0.717, 1.165) is 0 Å². The summed E-state index contributed by atoms with van der Waals surface area (Å²) in [7, 11) is 1.75. The molecule has 3 aromatic rings. The van der Waals surface area contributed by atoms with Gasteiger partial charge in [0.1, 0.15) is 0 Å². The maximum absolute atomic E-state index is 4.30. The molecular formula is C10H10N8. The highest BCUT2D eigenvalue weighted by Gasteiger charge is 2.09. The third-order valence-corrected chi connectivity index (χ3v) is 2.25. The molecule has 0 aliphatic heterocycles. The van der Waals surface area contributed by atoms with E-state index in [1.807, 2.05) is 0 Å². The van der Waals surface area contributed by atoms with Crippen LogP contribution in [-0.2, 0) is 0 Å². The quantitative estimate of drug-likeness (QED) is 0.710. The smallest absolute Gasteiger partial charge is 0.257 e. The Hall–Kier alpha value is -2.77. The molecule has 0 bridgehead atoms. The van der Waals surface area contributed by atoms with Crippen LogP contribution in [0.4, 0.5) is 5.95 Å². The molecule has 0 aliphatic rings. The summed E-state index contributed by atoms with van der Waals surface area (Å²) >= 11 is 0. The van der Waals surface area contributed by atoms with Crippen molar-refractivity contribution in [3.63, 3.8) is 0 Å². The van der Waals surface area contributed by atoms with Crippen LogP contribution >= 0.6 is 0 Å². The molecule has 0 aromatic carbocycles. The lowest BCUT2D eigenvalue weighted by Crippen LogP contribution is -2.11. The van der Waals surface area contributed by atoms with Crippen molar-refractivity contribution >= 4 is 5.95 Å². The van der Waals surface area contributed by atoms with Crippen molar-refractivity contribution in [2.45, 2.75) is 0 Å². The van der Waals surface area contributed by atoms with E-state index in [9.17, 15) is 0 Å². The summed E-state index contributed by atoms with van der Waals surface area (Å²) in [6.07, 6.45) is 6.86. The minimum absolute atomic E-state index is 0.435. The lowest BCUT2D eigenvalue weighted by molar-refractivity contribution is 0.747. The summed E-state index contributed by atoms with van der Waals surface area (Å²) in [6.45, 7) is 0. The third kappa shape index (κ3) is 1.79. The number of hydrogen-bond donors (Lipinski definition) is 1. The van der Waals surface area contributed by atoms with Crippen molar-refractivity contribution in [2.75, 3.05) is 12.4 Å². The first-order valence-corrected chi connectivity index (χ1v) is 5.30. The Morgan fingerprint density at radius 2 is 1.44 bits per heavy atom. The van der Waals surface area contributed by atoms with Crippen LogP contribution in [0.15, 0.2) is 36.9 Å². The SMILES string of the molecule is CNc1nc(-n2cccn2)nc(-n2cccn2)n1. The molecule has 8 nitrogen and oxygen atoms in total. The Kier molecular flexibility index (Phi) is 2.45. The van der Waals surface area contributed by atoms with Gasteiger partial charge in [-0.3, -0.25) is 0 Å². The molecule has 3 rings (SSSR count). The molecule has 0 aliphatic carbocycles.